The van der Waals surface area contributed by atoms with Crippen molar-refractivity contribution < 1.29 is 24.1 Å². The summed E-state index contributed by atoms with van der Waals surface area (Å²) in [6.45, 7) is 1.55. The maximum atomic E-state index is 13.3. The number of benzene rings is 1. The number of rotatable bonds is 1. The quantitative estimate of drug-likeness (QED) is 0.759. The zero-order valence-electron chi connectivity index (χ0n) is 8.61. The third kappa shape index (κ3) is 1.74. The predicted molar refractivity (Wildman–Crippen MR) is 52.8 cm³/mol. The van der Waals surface area contributed by atoms with E-state index in [0.29, 0.717) is 11.1 Å². The van der Waals surface area contributed by atoms with Gasteiger partial charge in [0.25, 0.3) is 0 Å². The number of carbonyl (C=O) groups is 1. The van der Waals surface area contributed by atoms with Gasteiger partial charge in [0.2, 0.25) is 0 Å². The number of ether oxygens (including phenoxy) is 1. The number of aliphatic hydroxyl groups is 1. The highest BCUT2D eigenvalue weighted by Gasteiger charge is 2.32. The van der Waals surface area contributed by atoms with Crippen LogP contribution in [0, 0.1) is 12.7 Å². The molecule has 16 heavy (non-hydrogen) atoms. The highest BCUT2D eigenvalue weighted by molar-refractivity contribution is 5.73. The van der Waals surface area contributed by atoms with Crippen LogP contribution in [0.15, 0.2) is 12.1 Å². The predicted octanol–water partition coefficient (Wildman–Crippen LogP) is 1.40. The van der Waals surface area contributed by atoms with Crippen LogP contribution in [0.1, 0.15) is 23.7 Å². The van der Waals surface area contributed by atoms with E-state index in [-0.39, 0.29) is 12.2 Å². The second-order valence-corrected chi connectivity index (χ2v) is 3.84. The molecule has 0 spiro atoms. The monoisotopic (exact) mass is 226 g/mol. The third-order valence-corrected chi connectivity index (χ3v) is 2.63. The second kappa shape index (κ2) is 3.75. The molecule has 0 aromatic heterocycles. The first-order valence-corrected chi connectivity index (χ1v) is 4.86. The number of carboxylic acid groups (broad SMARTS) is 1. The molecule has 0 unspecified atom stereocenters. The molecule has 1 aliphatic rings. The average molecular weight is 226 g/mol. The fraction of sp³-hybridized carbons (Fsp3) is 0.364. The Balaban J connectivity index is 2.42. The van der Waals surface area contributed by atoms with Crippen molar-refractivity contribution in [3.8, 4) is 5.75 Å². The van der Waals surface area contributed by atoms with E-state index in [1.807, 2.05) is 0 Å². The Kier molecular flexibility index (Phi) is 2.55. The molecule has 0 fully saturated rings. The number of aliphatic hydroxyl groups excluding tert-OH is 1. The van der Waals surface area contributed by atoms with Crippen LogP contribution < -0.4 is 4.74 Å². The Hall–Kier alpha value is -1.62. The van der Waals surface area contributed by atoms with Crippen LogP contribution in [0.5, 0.6) is 5.75 Å². The molecule has 0 bridgehead atoms. The Morgan fingerprint density at radius 1 is 1.56 bits per heavy atom. The zero-order chi connectivity index (χ0) is 11.9. The van der Waals surface area contributed by atoms with Crippen molar-refractivity contribution in [2.75, 3.05) is 0 Å². The third-order valence-electron chi connectivity index (χ3n) is 2.63. The van der Waals surface area contributed by atoms with Gasteiger partial charge in [0.05, 0.1) is 6.10 Å². The molecule has 1 aliphatic heterocycles. The fourth-order valence-electron chi connectivity index (χ4n) is 1.72. The molecule has 0 saturated carbocycles. The summed E-state index contributed by atoms with van der Waals surface area (Å²) < 4.78 is 18.4. The van der Waals surface area contributed by atoms with Gasteiger partial charge in [-0.15, -0.1) is 0 Å². The van der Waals surface area contributed by atoms with E-state index >= 15 is 0 Å². The van der Waals surface area contributed by atoms with E-state index in [1.54, 1.807) is 6.92 Å². The topological polar surface area (TPSA) is 66.8 Å². The zero-order valence-corrected chi connectivity index (χ0v) is 8.61. The maximum Gasteiger partial charge on any atom is 0.345 e. The first kappa shape index (κ1) is 10.9. The molecule has 2 atom stereocenters. The molecule has 0 radical (unpaired) electrons. The number of aryl methyl sites for hydroxylation is 1. The smallest absolute Gasteiger partial charge is 0.345 e. The van der Waals surface area contributed by atoms with Crippen molar-refractivity contribution in [3.63, 3.8) is 0 Å². The van der Waals surface area contributed by atoms with Gasteiger partial charge in [-0.2, -0.15) is 0 Å². The van der Waals surface area contributed by atoms with Crippen molar-refractivity contribution >= 4 is 5.97 Å². The molecular formula is C11H11FO4. The second-order valence-electron chi connectivity index (χ2n) is 3.84. The van der Waals surface area contributed by atoms with Crippen molar-refractivity contribution in [3.05, 3.63) is 29.1 Å². The minimum absolute atomic E-state index is 0.0646. The van der Waals surface area contributed by atoms with Crippen molar-refractivity contribution in [2.45, 2.75) is 25.6 Å². The van der Waals surface area contributed by atoms with Gasteiger partial charge in [-0.05, 0) is 24.6 Å². The van der Waals surface area contributed by atoms with Crippen molar-refractivity contribution in [2.24, 2.45) is 0 Å². The van der Waals surface area contributed by atoms with E-state index in [1.165, 1.54) is 12.1 Å². The van der Waals surface area contributed by atoms with Gasteiger partial charge in [0.15, 0.2) is 6.10 Å². The van der Waals surface area contributed by atoms with E-state index in [2.05, 4.69) is 0 Å². The van der Waals surface area contributed by atoms with E-state index in [0.717, 1.165) is 0 Å². The summed E-state index contributed by atoms with van der Waals surface area (Å²) in [5.74, 6) is -1.33. The number of aliphatic carboxylic acids is 1. The number of halogens is 1. The first-order chi connectivity index (χ1) is 7.49. The summed E-state index contributed by atoms with van der Waals surface area (Å²) in [5.41, 5.74) is 0.664. The number of hydrogen-bond donors (Lipinski definition) is 2. The molecule has 1 aromatic rings. The Morgan fingerprint density at radius 3 is 2.88 bits per heavy atom. The van der Waals surface area contributed by atoms with Gasteiger partial charge < -0.3 is 14.9 Å². The van der Waals surface area contributed by atoms with Gasteiger partial charge in [-0.3, -0.25) is 0 Å². The Morgan fingerprint density at radius 2 is 2.25 bits per heavy atom. The van der Waals surface area contributed by atoms with Crippen LogP contribution in [0.25, 0.3) is 0 Å². The van der Waals surface area contributed by atoms with Crippen LogP contribution in [0.4, 0.5) is 4.39 Å². The molecule has 5 heteroatoms. The van der Waals surface area contributed by atoms with E-state index in [9.17, 15) is 14.3 Å². The van der Waals surface area contributed by atoms with Crippen LogP contribution in [-0.2, 0) is 4.79 Å². The molecular weight excluding hydrogens is 215 g/mol. The molecule has 4 nitrogen and oxygen atoms in total. The molecule has 0 saturated heterocycles. The largest absolute Gasteiger partial charge is 0.479 e. The Labute approximate surface area is 91.3 Å². The molecule has 0 aliphatic carbocycles. The summed E-state index contributed by atoms with van der Waals surface area (Å²) in [7, 11) is 0. The van der Waals surface area contributed by atoms with Gasteiger partial charge in [0.1, 0.15) is 11.6 Å². The normalized spacial score (nSPS) is 23.4. The number of hydrogen-bond acceptors (Lipinski definition) is 3. The van der Waals surface area contributed by atoms with Gasteiger partial charge in [-0.25, -0.2) is 9.18 Å². The SMILES string of the molecule is Cc1cc2c(cc1F)[C@@H](O)C[C@H](C(=O)O)O2. The molecule has 1 aromatic carbocycles. The molecule has 2 rings (SSSR count). The maximum absolute atomic E-state index is 13.3. The fourth-order valence-corrected chi connectivity index (χ4v) is 1.72. The Bertz CT molecular complexity index is 444. The molecule has 86 valence electrons. The summed E-state index contributed by atoms with van der Waals surface area (Å²) in [5, 5.41) is 18.5. The number of fused-ring (bicyclic) bond motifs is 1. The highest BCUT2D eigenvalue weighted by Crippen LogP contribution is 2.36. The minimum Gasteiger partial charge on any atom is -0.479 e. The lowest BCUT2D eigenvalue weighted by atomic mass is 9.97. The summed E-state index contributed by atoms with van der Waals surface area (Å²) in [4.78, 5) is 10.8. The molecule has 2 N–H and O–H groups in total. The molecule has 1 heterocycles. The molecule has 0 amide bonds. The minimum atomic E-state index is -1.13. The van der Waals surface area contributed by atoms with Crippen molar-refractivity contribution in [1.29, 1.82) is 0 Å². The lowest BCUT2D eigenvalue weighted by molar-refractivity contribution is -0.147. The highest BCUT2D eigenvalue weighted by atomic mass is 19.1. The van der Waals surface area contributed by atoms with E-state index < -0.39 is 24.0 Å². The summed E-state index contributed by atoms with van der Waals surface area (Å²) in [6.07, 6.45) is -2.14. The van der Waals surface area contributed by atoms with Crippen molar-refractivity contribution in [1.82, 2.24) is 0 Å². The van der Waals surface area contributed by atoms with Crippen LogP contribution in [-0.4, -0.2) is 22.3 Å². The van der Waals surface area contributed by atoms with Gasteiger partial charge in [0, 0.05) is 12.0 Å². The van der Waals surface area contributed by atoms with Gasteiger partial charge >= 0.3 is 5.97 Å². The summed E-state index contributed by atoms with van der Waals surface area (Å²) in [6, 6.07) is 2.59. The lowest BCUT2D eigenvalue weighted by Crippen LogP contribution is -2.33. The first-order valence-electron chi connectivity index (χ1n) is 4.86. The standard InChI is InChI=1S/C11H11FO4/c1-5-2-9-6(3-7(5)12)8(13)4-10(16-9)11(14)15/h2-3,8,10,13H,4H2,1H3,(H,14,15)/t8-,10+/m0/s1. The van der Waals surface area contributed by atoms with E-state index in [4.69, 9.17) is 9.84 Å². The van der Waals surface area contributed by atoms with Crippen LogP contribution in [0.3, 0.4) is 0 Å². The van der Waals surface area contributed by atoms with Crippen LogP contribution in [0.2, 0.25) is 0 Å². The summed E-state index contributed by atoms with van der Waals surface area (Å²) >= 11 is 0. The van der Waals surface area contributed by atoms with Crippen LogP contribution >= 0.6 is 0 Å². The van der Waals surface area contributed by atoms with Gasteiger partial charge in [-0.1, -0.05) is 0 Å². The average Bonchev–Trinajstić information content (AvgIpc) is 2.20. The number of carboxylic acids is 1. The lowest BCUT2D eigenvalue weighted by Gasteiger charge is -2.27.